The number of carbonyl (C=O) groups excluding carboxylic acids is 1. The second-order valence-electron chi connectivity index (χ2n) is 6.92. The van der Waals surface area contributed by atoms with Gasteiger partial charge in [-0.1, -0.05) is 11.8 Å². The van der Waals surface area contributed by atoms with Gasteiger partial charge in [-0.3, -0.25) is 28.2 Å². The highest BCUT2D eigenvalue weighted by Crippen LogP contribution is 2.52. The van der Waals surface area contributed by atoms with Crippen LogP contribution in [0.4, 0.5) is 4.39 Å². The van der Waals surface area contributed by atoms with Crippen LogP contribution in [0.25, 0.3) is 0 Å². The van der Waals surface area contributed by atoms with E-state index in [1.54, 1.807) is 0 Å². The van der Waals surface area contributed by atoms with Gasteiger partial charge in [0.25, 0.3) is 5.56 Å². The molecule has 1 aromatic rings. The molecule has 31 heavy (non-hydrogen) atoms. The minimum absolute atomic E-state index is 0.107. The second kappa shape index (κ2) is 10.5. The first-order chi connectivity index (χ1) is 14.5. The molecule has 0 amide bonds. The standard InChI is InChI=1S/C16H25FN3O9PS/c1-10(21)31-7-6-27-30(26,19(2)3)28-9-16(8-17)13(24)12(23)14(29-16)20-5-4-11(22)18-15(20)25/h4-5,12-14,23-24H,6-9H2,1-3H3,(H,18,22,25)/t12-,13?,14+,16+,30?/m0/s1. The number of H-pyrrole nitrogens is 1. The molecular weight excluding hydrogens is 460 g/mol. The maximum Gasteiger partial charge on any atom is 0.407 e. The Morgan fingerprint density at radius 2 is 2.10 bits per heavy atom. The van der Waals surface area contributed by atoms with E-state index < -0.39 is 56.3 Å². The number of aliphatic hydroxyl groups excluding tert-OH is 2. The number of aromatic amines is 1. The number of nitrogens with zero attached hydrogens (tertiary/aromatic N) is 2. The molecule has 2 unspecified atom stereocenters. The summed E-state index contributed by atoms with van der Waals surface area (Å²) in [6.45, 7) is -0.880. The lowest BCUT2D eigenvalue weighted by atomic mass is 9.98. The molecule has 1 aliphatic rings. The molecule has 1 aromatic heterocycles. The molecule has 3 N–H and O–H groups in total. The predicted molar refractivity (Wildman–Crippen MR) is 109 cm³/mol. The van der Waals surface area contributed by atoms with E-state index in [9.17, 15) is 33.6 Å². The molecular formula is C16H25FN3O9PS. The number of aromatic nitrogens is 2. The van der Waals surface area contributed by atoms with Crippen LogP contribution < -0.4 is 11.2 Å². The van der Waals surface area contributed by atoms with Crippen molar-refractivity contribution in [3.8, 4) is 0 Å². The number of aliphatic hydroxyl groups is 2. The molecule has 0 aromatic carbocycles. The van der Waals surface area contributed by atoms with Crippen LogP contribution in [-0.2, 0) is 23.1 Å². The van der Waals surface area contributed by atoms with Crippen LogP contribution in [0.2, 0.25) is 0 Å². The zero-order valence-corrected chi connectivity index (χ0v) is 18.8. The highest BCUT2D eigenvalue weighted by atomic mass is 32.2. The lowest BCUT2D eigenvalue weighted by Gasteiger charge is -2.32. The molecule has 0 radical (unpaired) electrons. The molecule has 0 spiro atoms. The Labute approximate surface area is 180 Å². The average molecular weight is 485 g/mol. The second-order valence-corrected chi connectivity index (χ2v) is 10.4. The van der Waals surface area contributed by atoms with Crippen LogP contribution in [0, 0.1) is 0 Å². The van der Waals surface area contributed by atoms with Crippen LogP contribution in [0.3, 0.4) is 0 Å². The Morgan fingerprint density at radius 1 is 1.42 bits per heavy atom. The van der Waals surface area contributed by atoms with E-state index in [2.05, 4.69) is 0 Å². The summed E-state index contributed by atoms with van der Waals surface area (Å²) in [6.07, 6.45) is -4.12. The van der Waals surface area contributed by atoms with Gasteiger partial charge in [-0.05, 0) is 14.1 Å². The fourth-order valence-electron chi connectivity index (χ4n) is 2.76. The van der Waals surface area contributed by atoms with Gasteiger partial charge in [-0.2, -0.15) is 0 Å². The summed E-state index contributed by atoms with van der Waals surface area (Å²) in [7, 11) is -1.17. The Morgan fingerprint density at radius 3 is 2.65 bits per heavy atom. The summed E-state index contributed by atoms with van der Waals surface area (Å²) < 4.78 is 44.9. The van der Waals surface area contributed by atoms with Crippen molar-refractivity contribution >= 4 is 24.6 Å². The Hall–Kier alpha value is -1.38. The molecule has 0 aliphatic carbocycles. The van der Waals surface area contributed by atoms with E-state index in [4.69, 9.17) is 13.8 Å². The van der Waals surface area contributed by atoms with Gasteiger partial charge in [-0.15, -0.1) is 0 Å². The third kappa shape index (κ3) is 5.90. The quantitative estimate of drug-likeness (QED) is 0.289. The number of thioether (sulfide) groups is 1. The van der Waals surface area contributed by atoms with Crippen LogP contribution in [0.5, 0.6) is 0 Å². The van der Waals surface area contributed by atoms with E-state index in [1.165, 1.54) is 21.0 Å². The number of ether oxygens (including phenoxy) is 1. The van der Waals surface area contributed by atoms with Gasteiger partial charge in [0.1, 0.15) is 18.9 Å². The molecule has 2 rings (SSSR count). The number of hydrogen-bond donors (Lipinski definition) is 3. The normalized spacial score (nSPS) is 28.0. The lowest BCUT2D eigenvalue weighted by molar-refractivity contribution is -0.136. The van der Waals surface area contributed by atoms with Gasteiger partial charge in [0.15, 0.2) is 16.9 Å². The highest BCUT2D eigenvalue weighted by Gasteiger charge is 2.56. The molecule has 0 bridgehead atoms. The molecule has 1 fully saturated rings. The van der Waals surface area contributed by atoms with Crippen molar-refractivity contribution < 1.29 is 37.7 Å². The van der Waals surface area contributed by atoms with Crippen LogP contribution >= 0.6 is 19.5 Å². The Kier molecular flexibility index (Phi) is 8.76. The number of carbonyl (C=O) groups is 1. The van der Waals surface area contributed by atoms with Crippen molar-refractivity contribution in [3.63, 3.8) is 0 Å². The van der Waals surface area contributed by atoms with Crippen molar-refractivity contribution in [1.82, 2.24) is 14.2 Å². The van der Waals surface area contributed by atoms with Crippen LogP contribution in [-0.4, -0.2) is 87.1 Å². The summed E-state index contributed by atoms with van der Waals surface area (Å²) in [6, 6.07) is 0.989. The highest BCUT2D eigenvalue weighted by molar-refractivity contribution is 8.13. The molecule has 1 saturated heterocycles. The molecule has 1 aliphatic heterocycles. The summed E-state index contributed by atoms with van der Waals surface area (Å²) in [5.41, 5.74) is -3.80. The Bertz CT molecular complexity index is 941. The molecule has 0 saturated carbocycles. The predicted octanol–water partition coefficient (Wildman–Crippen LogP) is -0.522. The van der Waals surface area contributed by atoms with Gasteiger partial charge >= 0.3 is 13.4 Å². The summed E-state index contributed by atoms with van der Waals surface area (Å²) in [5.74, 6) is 0.208. The van der Waals surface area contributed by atoms with Gasteiger partial charge < -0.3 is 14.9 Å². The third-order valence-electron chi connectivity index (χ3n) is 4.47. The first-order valence-corrected chi connectivity index (χ1v) is 11.6. The minimum Gasteiger partial charge on any atom is -0.387 e. The van der Waals surface area contributed by atoms with Crippen molar-refractivity contribution in [3.05, 3.63) is 33.1 Å². The van der Waals surface area contributed by atoms with Crippen molar-refractivity contribution in [2.45, 2.75) is 31.0 Å². The van der Waals surface area contributed by atoms with Gasteiger partial charge in [-0.25, -0.2) is 18.4 Å². The molecule has 15 heteroatoms. The first-order valence-electron chi connectivity index (χ1n) is 9.07. The first kappa shape index (κ1) is 25.9. The maximum atomic E-state index is 14.0. The zero-order valence-electron chi connectivity index (χ0n) is 17.1. The van der Waals surface area contributed by atoms with E-state index in [0.717, 1.165) is 33.3 Å². The molecule has 5 atom stereocenters. The van der Waals surface area contributed by atoms with Crippen LogP contribution in [0.1, 0.15) is 13.2 Å². The zero-order chi connectivity index (χ0) is 23.4. The van der Waals surface area contributed by atoms with Crippen LogP contribution in [0.15, 0.2) is 21.9 Å². The summed E-state index contributed by atoms with van der Waals surface area (Å²) in [5, 5.41) is 20.6. The number of nitrogens with one attached hydrogen (secondary N) is 1. The number of rotatable bonds is 10. The Balaban J connectivity index is 2.18. The molecule has 2 heterocycles. The van der Waals surface area contributed by atoms with E-state index in [-0.39, 0.29) is 17.5 Å². The van der Waals surface area contributed by atoms with Crippen molar-refractivity contribution in [1.29, 1.82) is 0 Å². The largest absolute Gasteiger partial charge is 0.407 e. The van der Waals surface area contributed by atoms with E-state index in [1.807, 2.05) is 4.98 Å². The molecule has 12 nitrogen and oxygen atoms in total. The number of hydrogen-bond acceptors (Lipinski definition) is 10. The fraction of sp³-hybridized carbons (Fsp3) is 0.688. The third-order valence-corrected chi connectivity index (χ3v) is 7.19. The topological polar surface area (TPSA) is 160 Å². The maximum absolute atomic E-state index is 14.0. The average Bonchev–Trinajstić information content (AvgIpc) is 2.95. The lowest BCUT2D eigenvalue weighted by Crippen LogP contribution is -2.49. The molecule has 176 valence electrons. The summed E-state index contributed by atoms with van der Waals surface area (Å²) in [4.78, 5) is 36.2. The fourth-order valence-corrected chi connectivity index (χ4v) is 4.58. The monoisotopic (exact) mass is 485 g/mol. The van der Waals surface area contributed by atoms with Gasteiger partial charge in [0.2, 0.25) is 0 Å². The SMILES string of the molecule is CC(=O)SCCOP(=O)(OC[C@@]1(CF)O[C@@H](n2ccc(=O)[nH]c2=O)[C@@H](O)C1O)N(C)C. The van der Waals surface area contributed by atoms with Crippen molar-refractivity contribution in [2.24, 2.45) is 0 Å². The number of alkyl halides is 1. The summed E-state index contributed by atoms with van der Waals surface area (Å²) >= 11 is 0.957. The van der Waals surface area contributed by atoms with E-state index >= 15 is 0 Å². The number of halogens is 1. The smallest absolute Gasteiger partial charge is 0.387 e. The van der Waals surface area contributed by atoms with Crippen molar-refractivity contribution in [2.75, 3.05) is 39.7 Å². The van der Waals surface area contributed by atoms with E-state index in [0.29, 0.717) is 0 Å². The van der Waals surface area contributed by atoms with Gasteiger partial charge in [0, 0.05) is 24.9 Å². The van der Waals surface area contributed by atoms with Gasteiger partial charge in [0.05, 0.1) is 13.2 Å². The minimum atomic E-state index is -3.96.